The molecule has 0 saturated heterocycles. The Hall–Kier alpha value is -2.65. The smallest absolute Gasteiger partial charge is 0.258 e. The van der Waals surface area contributed by atoms with E-state index in [1.165, 1.54) is 16.8 Å². The van der Waals surface area contributed by atoms with E-state index in [0.717, 1.165) is 6.07 Å². The van der Waals surface area contributed by atoms with Gasteiger partial charge < -0.3 is 10.4 Å². The fraction of sp³-hybridized carbons (Fsp3) is 0.143. The first-order valence-corrected chi connectivity index (χ1v) is 5.80. The summed E-state index contributed by atoms with van der Waals surface area (Å²) in [5, 5.41) is 15.2. The van der Waals surface area contributed by atoms with Gasteiger partial charge >= 0.3 is 0 Å². The second-order valence-corrected chi connectivity index (χ2v) is 3.98. The number of aromatic nitrogens is 2. The molecule has 20 heavy (non-hydrogen) atoms. The lowest BCUT2D eigenvalue weighted by molar-refractivity contribution is 0.102. The van der Waals surface area contributed by atoms with Gasteiger partial charge in [-0.1, -0.05) is 11.8 Å². The maximum Gasteiger partial charge on any atom is 0.258 e. The third-order valence-corrected chi connectivity index (χ3v) is 2.48. The normalized spacial score (nSPS) is 9.75. The summed E-state index contributed by atoms with van der Waals surface area (Å²) < 4.78 is 14.8. The molecule has 2 N–H and O–H groups in total. The van der Waals surface area contributed by atoms with Gasteiger partial charge in [-0.3, -0.25) is 9.48 Å². The number of anilines is 1. The predicted molar refractivity (Wildman–Crippen MR) is 71.5 cm³/mol. The molecule has 102 valence electrons. The molecule has 6 heteroatoms. The summed E-state index contributed by atoms with van der Waals surface area (Å²) in [6.07, 6.45) is 1.67. The first-order valence-electron chi connectivity index (χ1n) is 5.80. The Balaban J connectivity index is 2.30. The van der Waals surface area contributed by atoms with Crippen molar-refractivity contribution in [2.24, 2.45) is 7.05 Å². The van der Waals surface area contributed by atoms with Crippen molar-refractivity contribution in [2.75, 3.05) is 11.9 Å². The molecule has 0 aliphatic heterocycles. The highest BCUT2D eigenvalue weighted by Gasteiger charge is 2.13. The zero-order valence-electron chi connectivity index (χ0n) is 10.7. The van der Waals surface area contributed by atoms with E-state index in [9.17, 15) is 9.18 Å². The van der Waals surface area contributed by atoms with E-state index in [4.69, 9.17) is 5.11 Å². The molecule has 0 atom stereocenters. The lowest BCUT2D eigenvalue weighted by Crippen LogP contribution is -2.14. The summed E-state index contributed by atoms with van der Waals surface area (Å²) in [5.74, 6) is 4.36. The van der Waals surface area contributed by atoms with E-state index < -0.39 is 11.7 Å². The van der Waals surface area contributed by atoms with Crippen LogP contribution >= 0.6 is 0 Å². The first-order chi connectivity index (χ1) is 9.60. The number of aliphatic hydroxyl groups is 1. The maximum atomic E-state index is 13.3. The molecule has 0 aliphatic carbocycles. The molecule has 0 fully saturated rings. The number of carbonyl (C=O) groups excluding carboxylic acids is 1. The van der Waals surface area contributed by atoms with Crippen molar-refractivity contribution in [3.05, 3.63) is 47.4 Å². The second-order valence-electron chi connectivity index (χ2n) is 3.98. The van der Waals surface area contributed by atoms with Crippen molar-refractivity contribution in [3.63, 3.8) is 0 Å². The zero-order valence-corrected chi connectivity index (χ0v) is 10.7. The molecule has 0 unspecified atom stereocenters. The topological polar surface area (TPSA) is 67.2 Å². The van der Waals surface area contributed by atoms with Crippen LogP contribution in [0.4, 0.5) is 10.2 Å². The van der Waals surface area contributed by atoms with Gasteiger partial charge in [0.25, 0.3) is 5.91 Å². The fourth-order valence-corrected chi connectivity index (χ4v) is 1.61. The van der Waals surface area contributed by atoms with Crippen LogP contribution in [-0.2, 0) is 7.05 Å². The molecule has 5 nitrogen and oxygen atoms in total. The number of benzene rings is 1. The van der Waals surface area contributed by atoms with Crippen molar-refractivity contribution in [1.29, 1.82) is 0 Å². The minimum atomic E-state index is -0.536. The summed E-state index contributed by atoms with van der Waals surface area (Å²) in [5.41, 5.74) is 0.436. The van der Waals surface area contributed by atoms with E-state index in [1.54, 1.807) is 19.3 Å². The third-order valence-electron chi connectivity index (χ3n) is 2.48. The number of aliphatic hydroxyl groups excluding tert-OH is 1. The van der Waals surface area contributed by atoms with Crippen molar-refractivity contribution in [3.8, 4) is 11.8 Å². The summed E-state index contributed by atoms with van der Waals surface area (Å²) >= 11 is 0. The molecule has 1 amide bonds. The van der Waals surface area contributed by atoms with Crippen molar-refractivity contribution < 1.29 is 14.3 Å². The summed E-state index contributed by atoms with van der Waals surface area (Å²) in [7, 11) is 1.72. The van der Waals surface area contributed by atoms with Gasteiger partial charge in [0.1, 0.15) is 12.4 Å². The van der Waals surface area contributed by atoms with Gasteiger partial charge in [-0.25, -0.2) is 4.39 Å². The van der Waals surface area contributed by atoms with Crippen LogP contribution in [0.3, 0.4) is 0 Å². The van der Waals surface area contributed by atoms with Crippen LogP contribution in [0.1, 0.15) is 15.9 Å². The Labute approximate surface area is 115 Å². The van der Waals surface area contributed by atoms with Crippen LogP contribution in [0, 0.1) is 17.7 Å². The number of nitrogens with zero attached hydrogens (tertiary/aromatic N) is 2. The number of hydrogen-bond acceptors (Lipinski definition) is 3. The number of rotatable bonds is 2. The van der Waals surface area contributed by atoms with Gasteiger partial charge in [-0.2, -0.15) is 5.10 Å². The maximum absolute atomic E-state index is 13.3. The Bertz CT molecular complexity index is 698. The molecule has 0 aliphatic rings. The molecule has 0 bridgehead atoms. The van der Waals surface area contributed by atoms with Crippen LogP contribution in [0.5, 0.6) is 0 Å². The molecule has 0 spiro atoms. The SMILES string of the molecule is Cn1ccc(NC(=O)c2cc(F)ccc2C#CCO)n1. The summed E-state index contributed by atoms with van der Waals surface area (Å²) in [4.78, 5) is 12.1. The number of halogens is 1. The Morgan fingerprint density at radius 3 is 2.95 bits per heavy atom. The number of nitrogens with one attached hydrogen (secondary N) is 1. The zero-order chi connectivity index (χ0) is 14.5. The van der Waals surface area contributed by atoms with E-state index in [1.807, 2.05) is 0 Å². The predicted octanol–water partition coefficient (Wildman–Crippen LogP) is 1.16. The summed E-state index contributed by atoms with van der Waals surface area (Å²) in [6, 6.07) is 5.32. The largest absolute Gasteiger partial charge is 0.384 e. The van der Waals surface area contributed by atoms with Crippen LogP contribution in [0.2, 0.25) is 0 Å². The highest BCUT2D eigenvalue weighted by atomic mass is 19.1. The standard InChI is InChI=1S/C14H12FN3O2/c1-18-7-6-13(17-18)16-14(20)12-9-11(15)5-4-10(12)3-2-8-19/h4-7,9,19H,8H2,1H3,(H,16,17,20). The van der Waals surface area contributed by atoms with Crippen molar-refractivity contribution >= 4 is 11.7 Å². The molecule has 1 aromatic heterocycles. The Morgan fingerprint density at radius 1 is 1.50 bits per heavy atom. The number of hydrogen-bond donors (Lipinski definition) is 2. The highest BCUT2D eigenvalue weighted by molar-refractivity contribution is 6.05. The molecular formula is C14H12FN3O2. The number of carbonyl (C=O) groups is 1. The lowest BCUT2D eigenvalue weighted by Gasteiger charge is -2.05. The molecule has 0 saturated carbocycles. The Kier molecular flexibility index (Phi) is 4.13. The second kappa shape index (κ2) is 5.99. The van der Waals surface area contributed by atoms with Gasteiger partial charge in [0, 0.05) is 24.9 Å². The molecule has 1 heterocycles. The molecule has 0 radical (unpaired) electrons. The van der Waals surface area contributed by atoms with Crippen molar-refractivity contribution in [2.45, 2.75) is 0 Å². The molecule has 2 rings (SSSR count). The lowest BCUT2D eigenvalue weighted by atomic mass is 10.1. The minimum absolute atomic E-state index is 0.0941. The first kappa shape index (κ1) is 13.8. The van der Waals surface area contributed by atoms with Gasteiger partial charge in [0.05, 0.1) is 5.56 Å². The van der Waals surface area contributed by atoms with Gasteiger partial charge in [0.15, 0.2) is 5.82 Å². The van der Waals surface area contributed by atoms with Gasteiger partial charge in [-0.05, 0) is 18.2 Å². The van der Waals surface area contributed by atoms with E-state index >= 15 is 0 Å². The summed E-state index contributed by atoms with van der Waals surface area (Å²) in [6.45, 7) is -0.335. The minimum Gasteiger partial charge on any atom is -0.384 e. The fourth-order valence-electron chi connectivity index (χ4n) is 1.61. The number of amides is 1. The van der Waals surface area contributed by atoms with Crippen LogP contribution in [0.15, 0.2) is 30.5 Å². The average Bonchev–Trinajstić information content (AvgIpc) is 2.82. The molecule has 2 aromatic rings. The van der Waals surface area contributed by atoms with E-state index in [0.29, 0.717) is 11.4 Å². The number of aryl methyl sites for hydroxylation is 1. The van der Waals surface area contributed by atoms with E-state index in [2.05, 4.69) is 22.3 Å². The van der Waals surface area contributed by atoms with Crippen LogP contribution in [0.25, 0.3) is 0 Å². The van der Waals surface area contributed by atoms with E-state index in [-0.39, 0.29) is 12.2 Å². The highest BCUT2D eigenvalue weighted by Crippen LogP contribution is 2.13. The quantitative estimate of drug-likeness (QED) is 0.807. The van der Waals surface area contributed by atoms with Crippen molar-refractivity contribution in [1.82, 2.24) is 9.78 Å². The molecular weight excluding hydrogens is 261 g/mol. The van der Waals surface area contributed by atoms with Crippen LogP contribution in [-0.4, -0.2) is 27.4 Å². The average molecular weight is 273 g/mol. The Morgan fingerprint density at radius 2 is 2.30 bits per heavy atom. The third kappa shape index (κ3) is 3.22. The molecule has 1 aromatic carbocycles. The van der Waals surface area contributed by atoms with Gasteiger partial charge in [0.2, 0.25) is 0 Å². The van der Waals surface area contributed by atoms with Crippen LogP contribution < -0.4 is 5.32 Å². The van der Waals surface area contributed by atoms with Gasteiger partial charge in [-0.15, -0.1) is 0 Å². The monoisotopic (exact) mass is 273 g/mol.